The van der Waals surface area contributed by atoms with Gasteiger partial charge in [0.1, 0.15) is 0 Å². The van der Waals surface area contributed by atoms with E-state index in [1.165, 1.54) is 0 Å². The van der Waals surface area contributed by atoms with Crippen molar-refractivity contribution < 1.29 is 0 Å². The summed E-state index contributed by atoms with van der Waals surface area (Å²) in [5.74, 6) is 0. The lowest BCUT2D eigenvalue weighted by atomic mass is 9.82. The van der Waals surface area contributed by atoms with Crippen molar-refractivity contribution in [3.8, 4) is 6.07 Å². The van der Waals surface area contributed by atoms with Crippen molar-refractivity contribution in [2.75, 3.05) is 5.33 Å². The van der Waals surface area contributed by atoms with E-state index in [1.54, 1.807) is 0 Å². The predicted molar refractivity (Wildman–Crippen MR) is 65.5 cm³/mol. The summed E-state index contributed by atoms with van der Waals surface area (Å²) in [7, 11) is 0. The van der Waals surface area contributed by atoms with E-state index in [0.29, 0.717) is 5.33 Å². The van der Waals surface area contributed by atoms with Crippen molar-refractivity contribution in [3.05, 3.63) is 34.3 Å². The van der Waals surface area contributed by atoms with Crippen LogP contribution in [0, 0.1) is 11.3 Å². The van der Waals surface area contributed by atoms with E-state index in [4.69, 9.17) is 0 Å². The highest BCUT2D eigenvalue weighted by molar-refractivity contribution is 9.10. The molecule has 0 aliphatic rings. The van der Waals surface area contributed by atoms with Crippen molar-refractivity contribution in [2.45, 2.75) is 18.8 Å². The highest BCUT2D eigenvalue weighted by Crippen LogP contribution is 2.30. The molecular weight excluding hydrogens is 306 g/mol. The summed E-state index contributed by atoms with van der Waals surface area (Å²) in [4.78, 5) is 0. The summed E-state index contributed by atoms with van der Waals surface area (Å²) >= 11 is 6.80. The minimum absolute atomic E-state index is 0.388. The predicted octanol–water partition coefficient (Wildman–Crippen LogP) is 4.02. The van der Waals surface area contributed by atoms with Crippen molar-refractivity contribution in [1.82, 2.24) is 0 Å². The Morgan fingerprint density at radius 1 is 1.36 bits per heavy atom. The molecule has 0 bridgehead atoms. The van der Waals surface area contributed by atoms with Crippen LogP contribution in [0.1, 0.15) is 18.9 Å². The van der Waals surface area contributed by atoms with Crippen LogP contribution in [0.5, 0.6) is 0 Å². The summed E-state index contributed by atoms with van der Waals surface area (Å²) in [5.41, 5.74) is 0.684. The van der Waals surface area contributed by atoms with Crippen LogP contribution in [0.3, 0.4) is 0 Å². The Kier molecular flexibility index (Phi) is 4.15. The molecule has 0 aliphatic heterocycles. The number of hydrogen-bond donors (Lipinski definition) is 0. The fraction of sp³-hybridized carbons (Fsp3) is 0.364. The summed E-state index contributed by atoms with van der Waals surface area (Å²) in [6, 6.07) is 10.3. The maximum atomic E-state index is 9.21. The molecule has 0 aliphatic carbocycles. The lowest BCUT2D eigenvalue weighted by molar-refractivity contribution is 0.602. The van der Waals surface area contributed by atoms with E-state index in [-0.39, 0.29) is 5.41 Å². The third-order valence-corrected chi connectivity index (χ3v) is 3.93. The number of hydrogen-bond acceptors (Lipinski definition) is 1. The molecule has 0 fully saturated rings. The van der Waals surface area contributed by atoms with Crippen molar-refractivity contribution in [2.24, 2.45) is 0 Å². The lowest BCUT2D eigenvalue weighted by Gasteiger charge is -2.22. The van der Waals surface area contributed by atoms with Crippen LogP contribution in [0.2, 0.25) is 0 Å². The van der Waals surface area contributed by atoms with E-state index in [2.05, 4.69) is 37.9 Å². The first kappa shape index (κ1) is 11.7. The highest BCUT2D eigenvalue weighted by atomic mass is 79.9. The molecule has 1 nitrogen and oxygen atoms in total. The highest BCUT2D eigenvalue weighted by Gasteiger charge is 2.28. The van der Waals surface area contributed by atoms with Gasteiger partial charge in [0.2, 0.25) is 0 Å². The van der Waals surface area contributed by atoms with Crippen LogP contribution in [0.4, 0.5) is 0 Å². The molecule has 0 saturated heterocycles. The van der Waals surface area contributed by atoms with Gasteiger partial charge in [-0.3, -0.25) is 0 Å². The first-order valence-corrected chi connectivity index (χ1v) is 6.33. The third kappa shape index (κ3) is 2.18. The Hall–Kier alpha value is -0.330. The molecule has 0 spiro atoms. The topological polar surface area (TPSA) is 23.8 Å². The number of nitrogens with zero attached hydrogens (tertiary/aromatic N) is 1. The molecule has 0 heterocycles. The maximum absolute atomic E-state index is 9.21. The molecule has 74 valence electrons. The summed E-state index contributed by atoms with van der Waals surface area (Å²) < 4.78 is 1.04. The van der Waals surface area contributed by atoms with Gasteiger partial charge in [-0.15, -0.1) is 0 Å². The normalized spacial score (nSPS) is 14.4. The molecule has 1 aromatic carbocycles. The molecule has 0 amide bonds. The van der Waals surface area contributed by atoms with Crippen LogP contribution in [0.25, 0.3) is 0 Å². The average molecular weight is 317 g/mol. The van der Waals surface area contributed by atoms with E-state index in [1.807, 2.05) is 31.2 Å². The second-order valence-electron chi connectivity index (χ2n) is 3.19. The van der Waals surface area contributed by atoms with Gasteiger partial charge < -0.3 is 0 Å². The zero-order chi connectivity index (χ0) is 10.6. The number of halogens is 2. The van der Waals surface area contributed by atoms with Crippen LogP contribution in [0.15, 0.2) is 28.7 Å². The van der Waals surface area contributed by atoms with Crippen molar-refractivity contribution in [1.29, 1.82) is 5.26 Å². The standard InChI is InChI=1S/C11H11Br2N/c1-2-11(7-12,8-14)9-3-5-10(13)6-4-9/h3-6H,2,7H2,1H3. The van der Waals surface area contributed by atoms with Gasteiger partial charge in [-0.25, -0.2) is 0 Å². The lowest BCUT2D eigenvalue weighted by Crippen LogP contribution is -2.24. The Morgan fingerprint density at radius 3 is 2.29 bits per heavy atom. The quantitative estimate of drug-likeness (QED) is 0.773. The molecule has 3 heteroatoms. The minimum Gasteiger partial charge on any atom is -0.197 e. The van der Waals surface area contributed by atoms with E-state index in [0.717, 1.165) is 16.5 Å². The number of benzene rings is 1. The van der Waals surface area contributed by atoms with Crippen LogP contribution >= 0.6 is 31.9 Å². The molecule has 0 radical (unpaired) electrons. The van der Waals surface area contributed by atoms with Crippen molar-refractivity contribution >= 4 is 31.9 Å². The van der Waals surface area contributed by atoms with E-state index >= 15 is 0 Å². The minimum atomic E-state index is -0.388. The summed E-state index contributed by atoms with van der Waals surface area (Å²) in [6.07, 6.45) is 0.816. The Balaban J connectivity index is 3.13. The number of alkyl halides is 1. The monoisotopic (exact) mass is 315 g/mol. The van der Waals surface area contributed by atoms with Gasteiger partial charge in [0.05, 0.1) is 11.5 Å². The Bertz CT molecular complexity index is 333. The van der Waals surface area contributed by atoms with Gasteiger partial charge in [-0.1, -0.05) is 50.9 Å². The largest absolute Gasteiger partial charge is 0.197 e. The number of rotatable bonds is 3. The van der Waals surface area contributed by atoms with Crippen LogP contribution in [-0.2, 0) is 5.41 Å². The first-order chi connectivity index (χ1) is 6.68. The van der Waals surface area contributed by atoms with Crippen LogP contribution < -0.4 is 0 Å². The Labute approximate surface area is 101 Å². The SMILES string of the molecule is CCC(C#N)(CBr)c1ccc(Br)cc1. The van der Waals surface area contributed by atoms with E-state index in [9.17, 15) is 5.26 Å². The Morgan fingerprint density at radius 2 is 1.93 bits per heavy atom. The molecule has 14 heavy (non-hydrogen) atoms. The molecule has 1 atom stereocenters. The van der Waals surface area contributed by atoms with Crippen LogP contribution in [-0.4, -0.2) is 5.33 Å². The molecule has 1 unspecified atom stereocenters. The van der Waals surface area contributed by atoms with Gasteiger partial charge in [-0.2, -0.15) is 5.26 Å². The van der Waals surface area contributed by atoms with Gasteiger partial charge in [0.25, 0.3) is 0 Å². The van der Waals surface area contributed by atoms with Gasteiger partial charge in [0.15, 0.2) is 0 Å². The average Bonchev–Trinajstić information content (AvgIpc) is 2.24. The maximum Gasteiger partial charge on any atom is 0.0916 e. The summed E-state index contributed by atoms with van der Waals surface area (Å²) in [6.45, 7) is 2.03. The zero-order valence-corrected chi connectivity index (χ0v) is 11.1. The smallest absolute Gasteiger partial charge is 0.0916 e. The first-order valence-electron chi connectivity index (χ1n) is 4.42. The number of nitriles is 1. The molecule has 0 N–H and O–H groups in total. The van der Waals surface area contributed by atoms with Gasteiger partial charge in [-0.05, 0) is 24.1 Å². The van der Waals surface area contributed by atoms with E-state index < -0.39 is 0 Å². The zero-order valence-electron chi connectivity index (χ0n) is 7.93. The van der Waals surface area contributed by atoms with Crippen molar-refractivity contribution in [3.63, 3.8) is 0 Å². The second-order valence-corrected chi connectivity index (χ2v) is 4.66. The fourth-order valence-electron chi connectivity index (χ4n) is 1.32. The molecule has 0 saturated carbocycles. The molecule has 1 aromatic rings. The van der Waals surface area contributed by atoms with Gasteiger partial charge in [0, 0.05) is 9.80 Å². The molecule has 0 aromatic heterocycles. The molecule has 1 rings (SSSR count). The third-order valence-electron chi connectivity index (χ3n) is 2.44. The molecular formula is C11H11Br2N. The summed E-state index contributed by atoms with van der Waals surface area (Å²) in [5, 5.41) is 9.88. The fourth-order valence-corrected chi connectivity index (χ4v) is 2.43. The van der Waals surface area contributed by atoms with Gasteiger partial charge >= 0.3 is 0 Å². The second kappa shape index (κ2) is 4.95.